The Morgan fingerprint density at radius 1 is 1.55 bits per heavy atom. The lowest BCUT2D eigenvalue weighted by Crippen LogP contribution is -2.41. The molecule has 11 heavy (non-hydrogen) atoms. The van der Waals surface area contributed by atoms with Crippen molar-refractivity contribution in [3.8, 4) is 0 Å². The fourth-order valence-corrected chi connectivity index (χ4v) is 0.988. The van der Waals surface area contributed by atoms with E-state index in [2.05, 4.69) is 5.32 Å². The van der Waals surface area contributed by atoms with E-state index in [0.29, 0.717) is 6.54 Å². The monoisotopic (exact) mass is 159 g/mol. The zero-order valence-corrected chi connectivity index (χ0v) is 7.42. The normalized spacial score (nSPS) is 15.9. The van der Waals surface area contributed by atoms with Gasteiger partial charge in [0.15, 0.2) is 0 Å². The van der Waals surface area contributed by atoms with E-state index in [9.17, 15) is 4.79 Å². The molecule has 0 saturated heterocycles. The van der Waals surface area contributed by atoms with Crippen LogP contribution in [0.3, 0.4) is 0 Å². The van der Waals surface area contributed by atoms with Crippen LogP contribution in [0.5, 0.6) is 0 Å². The second kappa shape index (κ2) is 5.13. The molecule has 0 aliphatic rings. The molecule has 66 valence electrons. The second-order valence-corrected chi connectivity index (χ2v) is 2.76. The van der Waals surface area contributed by atoms with Crippen molar-refractivity contribution in [2.75, 3.05) is 6.54 Å². The maximum absolute atomic E-state index is 10.6. The Hall–Kier alpha value is -0.570. The van der Waals surface area contributed by atoms with Crippen molar-refractivity contribution in [1.82, 2.24) is 5.32 Å². The van der Waals surface area contributed by atoms with Crippen molar-refractivity contribution < 1.29 is 9.90 Å². The summed E-state index contributed by atoms with van der Waals surface area (Å²) in [4.78, 5) is 10.6. The van der Waals surface area contributed by atoms with Gasteiger partial charge in [-0.1, -0.05) is 27.2 Å². The van der Waals surface area contributed by atoms with Crippen LogP contribution in [0.4, 0.5) is 0 Å². The van der Waals surface area contributed by atoms with E-state index in [1.807, 2.05) is 20.8 Å². The van der Waals surface area contributed by atoms with Gasteiger partial charge >= 0.3 is 5.97 Å². The number of nitrogens with one attached hydrogen (secondary N) is 1. The molecule has 0 aromatic heterocycles. The van der Waals surface area contributed by atoms with Crippen LogP contribution < -0.4 is 5.32 Å². The van der Waals surface area contributed by atoms with Crippen LogP contribution in [0.1, 0.15) is 27.2 Å². The number of carboxylic acid groups (broad SMARTS) is 1. The van der Waals surface area contributed by atoms with Gasteiger partial charge in [-0.25, -0.2) is 0 Å². The van der Waals surface area contributed by atoms with Gasteiger partial charge in [0.05, 0.1) is 0 Å². The molecular weight excluding hydrogens is 142 g/mol. The molecule has 0 bridgehead atoms. The molecular formula is C8H17NO2. The Kier molecular flexibility index (Phi) is 4.86. The minimum Gasteiger partial charge on any atom is -0.480 e. The van der Waals surface area contributed by atoms with Crippen LogP contribution >= 0.6 is 0 Å². The van der Waals surface area contributed by atoms with Crippen molar-refractivity contribution >= 4 is 5.97 Å². The molecule has 0 radical (unpaired) electrons. The third kappa shape index (κ3) is 3.37. The highest BCUT2D eigenvalue weighted by Crippen LogP contribution is 2.07. The van der Waals surface area contributed by atoms with Crippen LogP contribution in [-0.2, 0) is 4.79 Å². The van der Waals surface area contributed by atoms with Crippen molar-refractivity contribution in [3.05, 3.63) is 0 Å². The number of hydrogen-bond acceptors (Lipinski definition) is 2. The van der Waals surface area contributed by atoms with Crippen LogP contribution in [-0.4, -0.2) is 23.7 Å². The van der Waals surface area contributed by atoms with E-state index in [0.717, 1.165) is 6.42 Å². The molecule has 2 atom stereocenters. The quantitative estimate of drug-likeness (QED) is 0.631. The smallest absolute Gasteiger partial charge is 0.320 e. The van der Waals surface area contributed by atoms with Gasteiger partial charge in [0.2, 0.25) is 0 Å². The summed E-state index contributed by atoms with van der Waals surface area (Å²) in [5.74, 6) is -0.548. The molecule has 0 aliphatic heterocycles. The fourth-order valence-electron chi connectivity index (χ4n) is 0.988. The van der Waals surface area contributed by atoms with E-state index >= 15 is 0 Å². The number of hydrogen-bond donors (Lipinski definition) is 2. The molecule has 0 amide bonds. The van der Waals surface area contributed by atoms with Gasteiger partial charge in [-0.2, -0.15) is 0 Å². The van der Waals surface area contributed by atoms with Crippen molar-refractivity contribution in [3.63, 3.8) is 0 Å². The van der Waals surface area contributed by atoms with E-state index in [-0.39, 0.29) is 12.0 Å². The Labute approximate surface area is 67.8 Å². The van der Waals surface area contributed by atoms with Crippen molar-refractivity contribution in [1.29, 1.82) is 0 Å². The highest BCUT2D eigenvalue weighted by molar-refractivity contribution is 5.73. The highest BCUT2D eigenvalue weighted by Gasteiger charge is 2.21. The Balaban J connectivity index is 3.97. The largest absolute Gasteiger partial charge is 0.480 e. The Morgan fingerprint density at radius 3 is 2.36 bits per heavy atom. The summed E-state index contributed by atoms with van der Waals surface area (Å²) in [6.07, 6.45) is 0.893. The van der Waals surface area contributed by atoms with Crippen LogP contribution in [0.15, 0.2) is 0 Å². The van der Waals surface area contributed by atoms with Crippen molar-refractivity contribution in [2.45, 2.75) is 33.2 Å². The van der Waals surface area contributed by atoms with Crippen LogP contribution in [0.2, 0.25) is 0 Å². The summed E-state index contributed by atoms with van der Waals surface area (Å²) in [6, 6.07) is -0.384. The lowest BCUT2D eigenvalue weighted by atomic mass is 9.99. The van der Waals surface area contributed by atoms with Gasteiger partial charge in [0.1, 0.15) is 6.04 Å². The van der Waals surface area contributed by atoms with E-state index in [1.54, 1.807) is 0 Å². The SMILES string of the molecule is CCN[C@H](C(=O)O)[C@H](C)CC. The second-order valence-electron chi connectivity index (χ2n) is 2.76. The van der Waals surface area contributed by atoms with Gasteiger partial charge < -0.3 is 10.4 Å². The number of likely N-dealkylation sites (N-methyl/N-ethyl adjacent to an activating group) is 1. The third-order valence-corrected chi connectivity index (χ3v) is 1.90. The fraction of sp³-hybridized carbons (Fsp3) is 0.875. The molecule has 3 nitrogen and oxygen atoms in total. The first-order valence-corrected chi connectivity index (χ1v) is 4.09. The van der Waals surface area contributed by atoms with Gasteiger partial charge in [-0.3, -0.25) is 4.79 Å². The molecule has 0 unspecified atom stereocenters. The maximum Gasteiger partial charge on any atom is 0.320 e. The first-order valence-electron chi connectivity index (χ1n) is 4.09. The molecule has 0 heterocycles. The number of carbonyl (C=O) groups is 1. The van der Waals surface area contributed by atoms with Gasteiger partial charge in [-0.05, 0) is 12.5 Å². The molecule has 0 aromatic rings. The van der Waals surface area contributed by atoms with Gasteiger partial charge in [-0.15, -0.1) is 0 Å². The summed E-state index contributed by atoms with van der Waals surface area (Å²) in [7, 11) is 0. The summed E-state index contributed by atoms with van der Waals surface area (Å²) >= 11 is 0. The summed E-state index contributed by atoms with van der Waals surface area (Å²) < 4.78 is 0. The van der Waals surface area contributed by atoms with E-state index < -0.39 is 5.97 Å². The van der Waals surface area contributed by atoms with E-state index in [4.69, 9.17) is 5.11 Å². The first-order chi connectivity index (χ1) is 5.13. The third-order valence-electron chi connectivity index (χ3n) is 1.90. The summed E-state index contributed by atoms with van der Waals surface area (Å²) in [5, 5.41) is 11.7. The van der Waals surface area contributed by atoms with Crippen LogP contribution in [0.25, 0.3) is 0 Å². The molecule has 0 rings (SSSR count). The zero-order chi connectivity index (χ0) is 8.85. The molecule has 2 N–H and O–H groups in total. The number of rotatable bonds is 5. The zero-order valence-electron chi connectivity index (χ0n) is 7.42. The molecule has 0 spiro atoms. The van der Waals surface area contributed by atoms with Gasteiger partial charge in [0, 0.05) is 0 Å². The Bertz CT molecular complexity index is 125. The van der Waals surface area contributed by atoms with Gasteiger partial charge in [0.25, 0.3) is 0 Å². The summed E-state index contributed by atoms with van der Waals surface area (Å²) in [5.41, 5.74) is 0. The molecule has 0 saturated carbocycles. The topological polar surface area (TPSA) is 49.3 Å². The minimum absolute atomic E-state index is 0.201. The predicted molar refractivity (Wildman–Crippen MR) is 44.6 cm³/mol. The predicted octanol–water partition coefficient (Wildman–Crippen LogP) is 1.10. The lowest BCUT2D eigenvalue weighted by Gasteiger charge is -2.18. The number of carboxylic acids is 1. The highest BCUT2D eigenvalue weighted by atomic mass is 16.4. The standard InChI is InChI=1S/C8H17NO2/c1-4-6(3)7(8(10)11)9-5-2/h6-7,9H,4-5H2,1-3H3,(H,10,11)/t6-,7+/m1/s1. The molecule has 0 fully saturated rings. The summed E-state index contributed by atoms with van der Waals surface area (Å²) in [6.45, 7) is 6.57. The molecule has 0 aromatic carbocycles. The average Bonchev–Trinajstić information content (AvgIpc) is 1.98. The first kappa shape index (κ1) is 10.4. The molecule has 3 heteroatoms. The van der Waals surface area contributed by atoms with Crippen LogP contribution in [0, 0.1) is 5.92 Å². The minimum atomic E-state index is -0.749. The average molecular weight is 159 g/mol. The Morgan fingerprint density at radius 2 is 2.09 bits per heavy atom. The lowest BCUT2D eigenvalue weighted by molar-refractivity contribution is -0.140. The molecule has 0 aliphatic carbocycles. The van der Waals surface area contributed by atoms with E-state index in [1.165, 1.54) is 0 Å². The number of aliphatic carboxylic acids is 1. The maximum atomic E-state index is 10.6. The van der Waals surface area contributed by atoms with Crippen molar-refractivity contribution in [2.24, 2.45) is 5.92 Å².